The maximum absolute atomic E-state index is 11.5. The van der Waals surface area contributed by atoms with Gasteiger partial charge in [0.2, 0.25) is 5.91 Å². The molecule has 0 saturated heterocycles. The highest BCUT2D eigenvalue weighted by molar-refractivity contribution is 7.80. The number of carbonyl (C=O) groups is 1. The summed E-state index contributed by atoms with van der Waals surface area (Å²) in [6.45, 7) is 1.93. The average molecular weight is 224 g/mol. The van der Waals surface area contributed by atoms with Crippen LogP contribution in [0.1, 0.15) is 18.5 Å². The molecule has 82 valence electrons. The van der Waals surface area contributed by atoms with Crippen molar-refractivity contribution in [1.29, 1.82) is 0 Å². The lowest BCUT2D eigenvalue weighted by Crippen LogP contribution is -2.42. The van der Waals surface area contributed by atoms with Gasteiger partial charge in [-0.05, 0) is 12.5 Å². The van der Waals surface area contributed by atoms with E-state index in [-0.39, 0.29) is 11.9 Å². The Kier molecular flexibility index (Phi) is 4.65. The van der Waals surface area contributed by atoms with Crippen molar-refractivity contribution in [2.45, 2.75) is 19.0 Å². The molecule has 0 radical (unpaired) electrons. The topological polar surface area (TPSA) is 55.1 Å². The molecule has 0 aliphatic carbocycles. The molecule has 1 rings (SSSR count). The Morgan fingerprint density at radius 2 is 2.07 bits per heavy atom. The fraction of sp³-hybridized carbons (Fsp3) is 0.364. The second kappa shape index (κ2) is 5.78. The van der Waals surface area contributed by atoms with E-state index in [4.69, 9.17) is 5.73 Å². The first-order valence-corrected chi connectivity index (χ1v) is 5.50. The van der Waals surface area contributed by atoms with Gasteiger partial charge in [-0.2, -0.15) is 12.6 Å². The zero-order valence-electron chi connectivity index (χ0n) is 8.68. The van der Waals surface area contributed by atoms with E-state index in [9.17, 15) is 4.79 Å². The molecule has 0 heterocycles. The van der Waals surface area contributed by atoms with Crippen molar-refractivity contribution < 1.29 is 4.79 Å². The summed E-state index contributed by atoms with van der Waals surface area (Å²) in [5, 5.41) is 2.83. The molecule has 2 unspecified atom stereocenters. The van der Waals surface area contributed by atoms with Crippen molar-refractivity contribution in [3.8, 4) is 0 Å². The Balaban J connectivity index is 2.56. The van der Waals surface area contributed by atoms with Crippen LogP contribution >= 0.6 is 12.6 Å². The molecule has 3 nitrogen and oxygen atoms in total. The molecule has 0 aliphatic heterocycles. The molecule has 0 spiro atoms. The Morgan fingerprint density at radius 3 is 2.60 bits per heavy atom. The van der Waals surface area contributed by atoms with E-state index in [0.29, 0.717) is 5.75 Å². The quantitative estimate of drug-likeness (QED) is 0.671. The summed E-state index contributed by atoms with van der Waals surface area (Å²) in [7, 11) is 0. The van der Waals surface area contributed by atoms with Crippen LogP contribution in [0.4, 0.5) is 0 Å². The normalized spacial score (nSPS) is 14.3. The first kappa shape index (κ1) is 12.1. The molecule has 2 atom stereocenters. The second-order valence-corrected chi connectivity index (χ2v) is 3.80. The van der Waals surface area contributed by atoms with Gasteiger partial charge in [-0.15, -0.1) is 0 Å². The second-order valence-electron chi connectivity index (χ2n) is 3.43. The minimum absolute atomic E-state index is 0.0235. The number of nitrogens with one attached hydrogen (secondary N) is 1. The molecule has 0 aromatic heterocycles. The van der Waals surface area contributed by atoms with Crippen molar-refractivity contribution in [3.63, 3.8) is 0 Å². The largest absolute Gasteiger partial charge is 0.348 e. The SMILES string of the molecule is CC(NC(=O)C(N)CS)c1ccccc1. The van der Waals surface area contributed by atoms with E-state index in [2.05, 4.69) is 17.9 Å². The lowest BCUT2D eigenvalue weighted by Gasteiger charge is -2.16. The molecular weight excluding hydrogens is 208 g/mol. The van der Waals surface area contributed by atoms with Gasteiger partial charge in [-0.3, -0.25) is 4.79 Å². The van der Waals surface area contributed by atoms with Crippen molar-refractivity contribution in [3.05, 3.63) is 35.9 Å². The lowest BCUT2D eigenvalue weighted by molar-refractivity contribution is -0.122. The van der Waals surface area contributed by atoms with Gasteiger partial charge in [0, 0.05) is 5.75 Å². The lowest BCUT2D eigenvalue weighted by atomic mass is 10.1. The van der Waals surface area contributed by atoms with Crippen LogP contribution in [-0.2, 0) is 4.79 Å². The Labute approximate surface area is 95.5 Å². The Bertz CT molecular complexity index is 316. The third kappa shape index (κ3) is 3.57. The molecule has 3 N–H and O–H groups in total. The van der Waals surface area contributed by atoms with Gasteiger partial charge in [0.1, 0.15) is 0 Å². The standard InChI is InChI=1S/C11H16N2OS/c1-8(9-5-3-2-4-6-9)13-11(14)10(12)7-15/h2-6,8,10,15H,7,12H2,1H3,(H,13,14). The molecule has 0 bridgehead atoms. The van der Waals surface area contributed by atoms with Crippen molar-refractivity contribution in [1.82, 2.24) is 5.32 Å². The van der Waals surface area contributed by atoms with Crippen LogP contribution in [0.25, 0.3) is 0 Å². The Hall–Kier alpha value is -1.00. The minimum atomic E-state index is -0.542. The van der Waals surface area contributed by atoms with Crippen LogP contribution in [0.3, 0.4) is 0 Å². The van der Waals surface area contributed by atoms with Crippen molar-refractivity contribution in [2.24, 2.45) is 5.73 Å². The summed E-state index contributed by atoms with van der Waals surface area (Å²) in [5.74, 6) is 0.189. The number of carbonyl (C=O) groups excluding carboxylic acids is 1. The van der Waals surface area contributed by atoms with Crippen LogP contribution in [0.5, 0.6) is 0 Å². The molecule has 1 amide bonds. The summed E-state index contributed by atoms with van der Waals surface area (Å²) < 4.78 is 0. The molecule has 1 aromatic rings. The number of thiol groups is 1. The van der Waals surface area contributed by atoms with Gasteiger partial charge in [0.15, 0.2) is 0 Å². The summed E-state index contributed by atoms with van der Waals surface area (Å²) in [6, 6.07) is 9.20. The first-order valence-electron chi connectivity index (χ1n) is 4.87. The third-order valence-corrected chi connectivity index (χ3v) is 2.59. The number of hydrogen-bond donors (Lipinski definition) is 3. The van der Waals surface area contributed by atoms with E-state index >= 15 is 0 Å². The number of benzene rings is 1. The zero-order chi connectivity index (χ0) is 11.3. The predicted molar refractivity (Wildman–Crippen MR) is 64.8 cm³/mol. The van der Waals surface area contributed by atoms with Crippen LogP contribution in [0.15, 0.2) is 30.3 Å². The van der Waals surface area contributed by atoms with Crippen molar-refractivity contribution >= 4 is 18.5 Å². The van der Waals surface area contributed by atoms with E-state index in [1.165, 1.54) is 0 Å². The molecule has 0 aliphatic rings. The first-order chi connectivity index (χ1) is 7.15. The number of amides is 1. The molecule has 1 aromatic carbocycles. The van der Waals surface area contributed by atoms with Gasteiger partial charge in [0.25, 0.3) is 0 Å². The van der Waals surface area contributed by atoms with Gasteiger partial charge in [-0.1, -0.05) is 30.3 Å². The van der Waals surface area contributed by atoms with E-state index < -0.39 is 6.04 Å². The summed E-state index contributed by atoms with van der Waals surface area (Å²) in [6.07, 6.45) is 0. The van der Waals surface area contributed by atoms with Crippen molar-refractivity contribution in [2.75, 3.05) is 5.75 Å². The Morgan fingerprint density at radius 1 is 1.47 bits per heavy atom. The molecule has 0 saturated carbocycles. The zero-order valence-corrected chi connectivity index (χ0v) is 9.58. The maximum Gasteiger partial charge on any atom is 0.238 e. The number of hydrogen-bond acceptors (Lipinski definition) is 3. The molecule has 0 fully saturated rings. The van der Waals surface area contributed by atoms with E-state index in [1.54, 1.807) is 0 Å². The average Bonchev–Trinajstić information content (AvgIpc) is 2.29. The van der Waals surface area contributed by atoms with E-state index in [1.807, 2.05) is 37.3 Å². The summed E-state index contributed by atoms with van der Waals surface area (Å²) in [5.41, 5.74) is 6.62. The van der Waals surface area contributed by atoms with Crippen LogP contribution in [-0.4, -0.2) is 17.7 Å². The summed E-state index contributed by atoms with van der Waals surface area (Å²) >= 11 is 3.98. The maximum atomic E-state index is 11.5. The third-order valence-electron chi connectivity index (χ3n) is 2.19. The van der Waals surface area contributed by atoms with Gasteiger partial charge < -0.3 is 11.1 Å². The molecule has 4 heteroatoms. The number of nitrogens with two attached hydrogens (primary N) is 1. The fourth-order valence-corrected chi connectivity index (χ4v) is 1.39. The number of rotatable bonds is 4. The monoisotopic (exact) mass is 224 g/mol. The smallest absolute Gasteiger partial charge is 0.238 e. The van der Waals surface area contributed by atoms with E-state index in [0.717, 1.165) is 5.56 Å². The highest BCUT2D eigenvalue weighted by atomic mass is 32.1. The van der Waals surface area contributed by atoms with Gasteiger partial charge in [0.05, 0.1) is 12.1 Å². The van der Waals surface area contributed by atoms with Crippen LogP contribution < -0.4 is 11.1 Å². The fourth-order valence-electron chi connectivity index (χ4n) is 1.23. The van der Waals surface area contributed by atoms with Crippen LogP contribution in [0, 0.1) is 0 Å². The minimum Gasteiger partial charge on any atom is -0.348 e. The van der Waals surface area contributed by atoms with Crippen LogP contribution in [0.2, 0.25) is 0 Å². The molecule has 15 heavy (non-hydrogen) atoms. The highest BCUT2D eigenvalue weighted by Gasteiger charge is 2.14. The molecular formula is C11H16N2OS. The predicted octanol–water partition coefficient (Wildman–Crippen LogP) is 1.12. The summed E-state index contributed by atoms with van der Waals surface area (Å²) in [4.78, 5) is 11.5. The van der Waals surface area contributed by atoms with Gasteiger partial charge in [-0.25, -0.2) is 0 Å². The highest BCUT2D eigenvalue weighted by Crippen LogP contribution is 2.10. The van der Waals surface area contributed by atoms with Gasteiger partial charge >= 0.3 is 0 Å².